The predicted molar refractivity (Wildman–Crippen MR) is 144 cm³/mol. The van der Waals surface area contributed by atoms with Crippen LogP contribution in [0.4, 0.5) is 0 Å². The van der Waals surface area contributed by atoms with Crippen LogP contribution < -0.4 is 0 Å². The Bertz CT molecular complexity index is 1060. The molecule has 1 fully saturated rings. The first kappa shape index (κ1) is 27.7. The van der Waals surface area contributed by atoms with Crippen LogP contribution in [0.2, 0.25) is 0 Å². The van der Waals surface area contributed by atoms with Crippen molar-refractivity contribution in [2.24, 2.45) is 11.8 Å². The standard InChI is InChI=1S/C30H37O6P/c1-23-24(2)30(31)36-28(29(23)33-20-25-12-6-3-7-13-25)18-19-37(32,34-21-26-14-8-4-9-15-26)35-22-27-16-10-5-11-17-27/h3-17,23-24,28-31H,18-22H2,1-2H3/t23-,24+,28-,29+,30+/m1/s1. The molecule has 0 radical (unpaired) electrons. The molecule has 1 heterocycles. The SMILES string of the molecule is C[C@@H]1[C@H](C)[C@@H](O)O[C@H](CCP(=O)(OCc2ccccc2)OCc2ccccc2)[C@H]1OCc1ccccc1. The van der Waals surface area contributed by atoms with Crippen LogP contribution >= 0.6 is 7.60 Å². The highest BCUT2D eigenvalue weighted by Gasteiger charge is 2.42. The fourth-order valence-electron chi connectivity index (χ4n) is 4.48. The first-order valence-electron chi connectivity index (χ1n) is 12.9. The average molecular weight is 525 g/mol. The van der Waals surface area contributed by atoms with E-state index in [2.05, 4.69) is 6.92 Å². The zero-order valence-electron chi connectivity index (χ0n) is 21.5. The summed E-state index contributed by atoms with van der Waals surface area (Å²) in [5.41, 5.74) is 2.90. The van der Waals surface area contributed by atoms with Crippen LogP contribution in [-0.2, 0) is 42.9 Å². The summed E-state index contributed by atoms with van der Waals surface area (Å²) >= 11 is 0. The van der Waals surface area contributed by atoms with Crippen molar-refractivity contribution in [2.75, 3.05) is 6.16 Å². The molecule has 198 valence electrons. The topological polar surface area (TPSA) is 74.2 Å². The Hall–Kier alpha value is -2.31. The number of ether oxygens (including phenoxy) is 2. The maximum atomic E-state index is 13.9. The maximum absolute atomic E-state index is 13.9. The van der Waals surface area contributed by atoms with Crippen molar-refractivity contribution < 1.29 is 28.2 Å². The van der Waals surface area contributed by atoms with Gasteiger partial charge in [-0.05, 0) is 29.0 Å². The quantitative estimate of drug-likeness (QED) is 0.270. The van der Waals surface area contributed by atoms with E-state index >= 15 is 0 Å². The normalized spacial score (nSPS) is 24.1. The minimum Gasteiger partial charge on any atom is -0.371 e. The molecule has 0 unspecified atom stereocenters. The average Bonchev–Trinajstić information content (AvgIpc) is 2.94. The second-order valence-electron chi connectivity index (χ2n) is 9.69. The van der Waals surface area contributed by atoms with Crippen LogP contribution in [0.3, 0.4) is 0 Å². The fourth-order valence-corrected chi connectivity index (χ4v) is 6.08. The second kappa shape index (κ2) is 13.5. The van der Waals surface area contributed by atoms with Crippen LogP contribution in [0.1, 0.15) is 37.0 Å². The zero-order chi connectivity index (χ0) is 26.1. The number of hydrogen-bond acceptors (Lipinski definition) is 6. The van der Waals surface area contributed by atoms with Crippen LogP contribution in [0, 0.1) is 11.8 Å². The van der Waals surface area contributed by atoms with E-state index in [0.29, 0.717) is 13.0 Å². The van der Waals surface area contributed by atoms with Gasteiger partial charge in [-0.2, -0.15) is 0 Å². The van der Waals surface area contributed by atoms with Gasteiger partial charge in [0.05, 0.1) is 38.2 Å². The molecule has 6 nitrogen and oxygen atoms in total. The molecule has 37 heavy (non-hydrogen) atoms. The number of aliphatic hydroxyl groups excluding tert-OH is 1. The molecule has 5 atom stereocenters. The predicted octanol–water partition coefficient (Wildman–Crippen LogP) is 6.58. The van der Waals surface area contributed by atoms with Crippen molar-refractivity contribution in [2.45, 2.75) is 58.6 Å². The molecule has 0 bridgehead atoms. The fraction of sp³-hybridized carbons (Fsp3) is 0.400. The van der Waals surface area contributed by atoms with Gasteiger partial charge in [-0.3, -0.25) is 4.57 Å². The Morgan fingerprint density at radius 2 is 1.19 bits per heavy atom. The Labute approximate surface area is 220 Å². The largest absolute Gasteiger partial charge is 0.371 e. The van der Waals surface area contributed by atoms with Gasteiger partial charge in [0.2, 0.25) is 0 Å². The third kappa shape index (κ3) is 8.08. The third-order valence-electron chi connectivity index (χ3n) is 6.99. The molecule has 3 aromatic carbocycles. The molecule has 3 aromatic rings. The summed E-state index contributed by atoms with van der Waals surface area (Å²) in [4.78, 5) is 0. The second-order valence-corrected chi connectivity index (χ2v) is 11.9. The maximum Gasteiger partial charge on any atom is 0.331 e. The van der Waals surface area contributed by atoms with Crippen LogP contribution in [0.5, 0.6) is 0 Å². The Kier molecular flexibility index (Phi) is 10.1. The van der Waals surface area contributed by atoms with Crippen molar-refractivity contribution in [3.05, 3.63) is 108 Å². The van der Waals surface area contributed by atoms with Gasteiger partial charge in [-0.15, -0.1) is 0 Å². The lowest BCUT2D eigenvalue weighted by atomic mass is 9.84. The molecule has 1 N–H and O–H groups in total. The van der Waals surface area contributed by atoms with E-state index in [0.717, 1.165) is 16.7 Å². The Morgan fingerprint density at radius 3 is 1.68 bits per heavy atom. The minimum absolute atomic E-state index is 0.0484. The van der Waals surface area contributed by atoms with E-state index in [4.69, 9.17) is 18.5 Å². The van der Waals surface area contributed by atoms with E-state index in [-0.39, 0.29) is 37.3 Å². The molecule has 1 aliphatic rings. The summed E-state index contributed by atoms with van der Waals surface area (Å²) in [6.07, 6.45) is -1.11. The molecule has 1 saturated heterocycles. The van der Waals surface area contributed by atoms with E-state index in [1.807, 2.05) is 97.9 Å². The van der Waals surface area contributed by atoms with Gasteiger partial charge in [0.25, 0.3) is 0 Å². The molecule has 0 spiro atoms. The number of aliphatic hydroxyl groups is 1. The van der Waals surface area contributed by atoms with Crippen molar-refractivity contribution in [3.8, 4) is 0 Å². The van der Waals surface area contributed by atoms with E-state index in [9.17, 15) is 9.67 Å². The number of hydrogen-bond donors (Lipinski definition) is 1. The molecule has 0 aliphatic carbocycles. The summed E-state index contributed by atoms with van der Waals surface area (Å²) in [6.45, 7) is 4.83. The number of rotatable bonds is 12. The Balaban J connectivity index is 1.45. The molecule has 0 saturated carbocycles. The summed E-state index contributed by atoms with van der Waals surface area (Å²) in [5, 5.41) is 10.5. The molecule has 4 rings (SSSR count). The lowest BCUT2D eigenvalue weighted by Crippen LogP contribution is -2.50. The minimum atomic E-state index is -3.49. The monoisotopic (exact) mass is 524 g/mol. The van der Waals surface area contributed by atoms with Gasteiger partial charge in [0.15, 0.2) is 6.29 Å². The van der Waals surface area contributed by atoms with Crippen molar-refractivity contribution >= 4 is 7.60 Å². The van der Waals surface area contributed by atoms with Crippen molar-refractivity contribution in [1.29, 1.82) is 0 Å². The van der Waals surface area contributed by atoms with Crippen molar-refractivity contribution in [1.82, 2.24) is 0 Å². The van der Waals surface area contributed by atoms with Gasteiger partial charge in [0, 0.05) is 5.92 Å². The summed E-state index contributed by atoms with van der Waals surface area (Å²) in [7, 11) is -3.49. The Morgan fingerprint density at radius 1 is 0.730 bits per heavy atom. The van der Waals surface area contributed by atoms with Gasteiger partial charge in [-0.1, -0.05) is 105 Å². The van der Waals surface area contributed by atoms with E-state index in [1.54, 1.807) is 0 Å². The number of benzene rings is 3. The summed E-state index contributed by atoms with van der Waals surface area (Å²) < 4.78 is 38.1. The summed E-state index contributed by atoms with van der Waals surface area (Å²) in [5.74, 6) is -0.0418. The van der Waals surface area contributed by atoms with Crippen LogP contribution in [-0.4, -0.2) is 29.8 Å². The highest BCUT2D eigenvalue weighted by molar-refractivity contribution is 7.53. The van der Waals surface area contributed by atoms with Gasteiger partial charge >= 0.3 is 7.60 Å². The molecule has 1 aliphatic heterocycles. The van der Waals surface area contributed by atoms with Gasteiger partial charge in [-0.25, -0.2) is 0 Å². The van der Waals surface area contributed by atoms with Gasteiger partial charge < -0.3 is 23.6 Å². The van der Waals surface area contributed by atoms with Gasteiger partial charge in [0.1, 0.15) is 0 Å². The zero-order valence-corrected chi connectivity index (χ0v) is 22.4. The molecule has 0 aromatic heterocycles. The van der Waals surface area contributed by atoms with E-state index < -0.39 is 20.0 Å². The third-order valence-corrected chi connectivity index (χ3v) is 8.84. The first-order valence-corrected chi connectivity index (χ1v) is 14.6. The first-order chi connectivity index (χ1) is 17.9. The molecule has 0 amide bonds. The van der Waals surface area contributed by atoms with E-state index in [1.165, 1.54) is 0 Å². The summed E-state index contributed by atoms with van der Waals surface area (Å²) in [6, 6.07) is 29.2. The highest BCUT2D eigenvalue weighted by Crippen LogP contribution is 2.51. The molecular weight excluding hydrogens is 487 g/mol. The molecule has 7 heteroatoms. The van der Waals surface area contributed by atoms with Crippen molar-refractivity contribution in [3.63, 3.8) is 0 Å². The van der Waals surface area contributed by atoms with Crippen LogP contribution in [0.25, 0.3) is 0 Å². The smallest absolute Gasteiger partial charge is 0.331 e. The lowest BCUT2D eigenvalue weighted by molar-refractivity contribution is -0.254. The molecular formula is C30H37O6P. The highest BCUT2D eigenvalue weighted by atomic mass is 31.2. The van der Waals surface area contributed by atoms with Crippen LogP contribution in [0.15, 0.2) is 91.0 Å². The lowest BCUT2D eigenvalue weighted by Gasteiger charge is -2.43.